The molecule has 1 aliphatic carbocycles. The van der Waals surface area contributed by atoms with Gasteiger partial charge in [0.25, 0.3) is 5.91 Å². The Bertz CT molecular complexity index is 559. The zero-order valence-electron chi connectivity index (χ0n) is 12.3. The van der Waals surface area contributed by atoms with Crippen molar-refractivity contribution >= 4 is 11.9 Å². The molecule has 1 amide bonds. The number of carboxylic acids is 1. The highest BCUT2D eigenvalue weighted by atomic mass is 19.1. The molecule has 0 heterocycles. The van der Waals surface area contributed by atoms with Crippen molar-refractivity contribution in [1.29, 1.82) is 0 Å². The van der Waals surface area contributed by atoms with E-state index in [0.29, 0.717) is 5.41 Å². The summed E-state index contributed by atoms with van der Waals surface area (Å²) in [7, 11) is 0. The van der Waals surface area contributed by atoms with Crippen molar-refractivity contribution in [3.8, 4) is 0 Å². The van der Waals surface area contributed by atoms with E-state index >= 15 is 0 Å². The second kappa shape index (κ2) is 5.84. The predicted octanol–water partition coefficient (Wildman–Crippen LogP) is 3.22. The van der Waals surface area contributed by atoms with Crippen molar-refractivity contribution in [2.75, 3.05) is 0 Å². The maximum absolute atomic E-state index is 13.8. The third-order valence-electron chi connectivity index (χ3n) is 4.14. The molecular formula is C16H20FNO3. The fraction of sp³-hybridized carbons (Fsp3) is 0.500. The lowest BCUT2D eigenvalue weighted by atomic mass is 9.75. The Kier molecular flexibility index (Phi) is 4.30. The number of halogens is 1. The molecule has 21 heavy (non-hydrogen) atoms. The van der Waals surface area contributed by atoms with Crippen LogP contribution in [0.15, 0.2) is 18.2 Å². The zero-order valence-corrected chi connectivity index (χ0v) is 12.3. The van der Waals surface area contributed by atoms with Crippen LogP contribution in [0.25, 0.3) is 0 Å². The molecule has 2 rings (SSSR count). The number of rotatable bonds is 3. The Hall–Kier alpha value is -1.91. The molecule has 1 aromatic carbocycles. The van der Waals surface area contributed by atoms with Crippen LogP contribution in [-0.2, 0) is 0 Å². The summed E-state index contributed by atoms with van der Waals surface area (Å²) in [4.78, 5) is 22.8. The van der Waals surface area contributed by atoms with Crippen LogP contribution < -0.4 is 5.32 Å². The number of benzene rings is 1. The van der Waals surface area contributed by atoms with Gasteiger partial charge < -0.3 is 10.4 Å². The molecule has 1 fully saturated rings. The first-order valence-corrected chi connectivity index (χ1v) is 7.12. The largest absolute Gasteiger partial charge is 0.478 e. The summed E-state index contributed by atoms with van der Waals surface area (Å²) in [5.41, 5.74) is 0.0311. The number of carbonyl (C=O) groups is 2. The van der Waals surface area contributed by atoms with E-state index in [0.717, 1.165) is 31.7 Å². The SMILES string of the molecule is CC1(C)CCC(NC(=O)c2ccc(C(=O)O)cc2F)CC1. The summed E-state index contributed by atoms with van der Waals surface area (Å²) in [6.45, 7) is 4.41. The Labute approximate surface area is 123 Å². The van der Waals surface area contributed by atoms with Gasteiger partial charge in [-0.25, -0.2) is 9.18 Å². The van der Waals surface area contributed by atoms with Gasteiger partial charge in [-0.2, -0.15) is 0 Å². The van der Waals surface area contributed by atoms with Gasteiger partial charge in [-0.3, -0.25) is 4.79 Å². The molecule has 0 radical (unpaired) electrons. The third kappa shape index (κ3) is 3.80. The van der Waals surface area contributed by atoms with Gasteiger partial charge in [0, 0.05) is 6.04 Å². The fourth-order valence-electron chi connectivity index (χ4n) is 2.64. The van der Waals surface area contributed by atoms with Crippen molar-refractivity contribution < 1.29 is 19.1 Å². The quantitative estimate of drug-likeness (QED) is 0.899. The first kappa shape index (κ1) is 15.5. The van der Waals surface area contributed by atoms with Crippen LogP contribution in [0.3, 0.4) is 0 Å². The minimum Gasteiger partial charge on any atom is -0.478 e. The van der Waals surface area contributed by atoms with E-state index in [-0.39, 0.29) is 17.2 Å². The van der Waals surface area contributed by atoms with Gasteiger partial charge in [0.1, 0.15) is 5.82 Å². The smallest absolute Gasteiger partial charge is 0.335 e. The number of amides is 1. The number of hydrogen-bond donors (Lipinski definition) is 2. The van der Waals surface area contributed by atoms with Gasteiger partial charge in [-0.05, 0) is 49.3 Å². The van der Waals surface area contributed by atoms with Crippen molar-refractivity contribution in [3.05, 3.63) is 35.1 Å². The van der Waals surface area contributed by atoms with E-state index in [1.54, 1.807) is 0 Å². The first-order chi connectivity index (χ1) is 9.78. The van der Waals surface area contributed by atoms with Crippen LogP contribution in [0, 0.1) is 11.2 Å². The third-order valence-corrected chi connectivity index (χ3v) is 4.14. The van der Waals surface area contributed by atoms with Crippen molar-refractivity contribution in [2.45, 2.75) is 45.6 Å². The maximum Gasteiger partial charge on any atom is 0.335 e. The monoisotopic (exact) mass is 293 g/mol. The Balaban J connectivity index is 2.02. The second-order valence-corrected chi connectivity index (χ2v) is 6.41. The van der Waals surface area contributed by atoms with Crippen LogP contribution in [0.5, 0.6) is 0 Å². The summed E-state index contributed by atoms with van der Waals surface area (Å²) in [6, 6.07) is 3.40. The van der Waals surface area contributed by atoms with Crippen LogP contribution in [0.4, 0.5) is 4.39 Å². The molecular weight excluding hydrogens is 273 g/mol. The van der Waals surface area contributed by atoms with Crippen molar-refractivity contribution in [2.24, 2.45) is 5.41 Å². The number of carbonyl (C=O) groups excluding carboxylic acids is 1. The van der Waals surface area contributed by atoms with Crippen LogP contribution in [-0.4, -0.2) is 23.0 Å². The van der Waals surface area contributed by atoms with Crippen molar-refractivity contribution in [3.63, 3.8) is 0 Å². The van der Waals surface area contributed by atoms with E-state index in [2.05, 4.69) is 19.2 Å². The molecule has 0 bridgehead atoms. The molecule has 114 valence electrons. The van der Waals surface area contributed by atoms with Gasteiger partial charge in [0.2, 0.25) is 0 Å². The van der Waals surface area contributed by atoms with Gasteiger partial charge >= 0.3 is 5.97 Å². The molecule has 1 aliphatic rings. The average Bonchev–Trinajstić information content (AvgIpc) is 2.40. The Morgan fingerprint density at radius 1 is 1.29 bits per heavy atom. The normalized spacial score (nSPS) is 18.2. The topological polar surface area (TPSA) is 66.4 Å². The highest BCUT2D eigenvalue weighted by Gasteiger charge is 2.28. The summed E-state index contributed by atoms with van der Waals surface area (Å²) in [5.74, 6) is -2.49. The molecule has 0 unspecified atom stereocenters. The number of nitrogens with one attached hydrogen (secondary N) is 1. The van der Waals surface area contributed by atoms with Gasteiger partial charge in [-0.1, -0.05) is 13.8 Å². The molecule has 0 saturated heterocycles. The van der Waals surface area contributed by atoms with E-state index in [1.165, 1.54) is 12.1 Å². The summed E-state index contributed by atoms with van der Waals surface area (Å²) < 4.78 is 13.8. The zero-order chi connectivity index (χ0) is 15.6. The molecule has 0 spiro atoms. The predicted molar refractivity (Wildman–Crippen MR) is 76.9 cm³/mol. The minimum absolute atomic E-state index is 0.0593. The molecule has 1 saturated carbocycles. The van der Waals surface area contributed by atoms with Crippen LogP contribution in [0.2, 0.25) is 0 Å². The van der Waals surface area contributed by atoms with Crippen molar-refractivity contribution in [1.82, 2.24) is 5.32 Å². The molecule has 0 aliphatic heterocycles. The van der Waals surface area contributed by atoms with E-state index in [9.17, 15) is 14.0 Å². The highest BCUT2D eigenvalue weighted by Crippen LogP contribution is 2.35. The summed E-state index contributed by atoms with van der Waals surface area (Å²) in [5, 5.41) is 11.6. The molecule has 0 atom stereocenters. The van der Waals surface area contributed by atoms with Gasteiger partial charge in [0.15, 0.2) is 0 Å². The highest BCUT2D eigenvalue weighted by molar-refractivity contribution is 5.96. The number of carboxylic acid groups (broad SMARTS) is 1. The average molecular weight is 293 g/mol. The standard InChI is InChI=1S/C16H20FNO3/c1-16(2)7-5-11(6-8-16)18-14(19)12-4-3-10(15(20)21)9-13(12)17/h3-4,9,11H,5-8H2,1-2H3,(H,18,19)(H,20,21). The Morgan fingerprint density at radius 3 is 2.43 bits per heavy atom. The van der Waals surface area contributed by atoms with Gasteiger partial charge in [-0.15, -0.1) is 0 Å². The van der Waals surface area contributed by atoms with E-state index < -0.39 is 17.7 Å². The van der Waals surface area contributed by atoms with E-state index in [4.69, 9.17) is 5.11 Å². The molecule has 5 heteroatoms. The molecule has 2 N–H and O–H groups in total. The second-order valence-electron chi connectivity index (χ2n) is 6.41. The first-order valence-electron chi connectivity index (χ1n) is 7.12. The lowest BCUT2D eigenvalue weighted by Gasteiger charge is -2.34. The summed E-state index contributed by atoms with van der Waals surface area (Å²) in [6.07, 6.45) is 3.82. The lowest BCUT2D eigenvalue weighted by molar-refractivity contribution is 0.0695. The fourth-order valence-corrected chi connectivity index (χ4v) is 2.64. The summed E-state index contributed by atoms with van der Waals surface area (Å²) >= 11 is 0. The van der Waals surface area contributed by atoms with Gasteiger partial charge in [0.05, 0.1) is 11.1 Å². The van der Waals surface area contributed by atoms with Crippen LogP contribution in [0.1, 0.15) is 60.2 Å². The number of aromatic carboxylic acids is 1. The minimum atomic E-state index is -1.21. The number of hydrogen-bond acceptors (Lipinski definition) is 2. The molecule has 4 nitrogen and oxygen atoms in total. The van der Waals surface area contributed by atoms with E-state index in [1.807, 2.05) is 0 Å². The molecule has 1 aromatic rings. The maximum atomic E-state index is 13.8. The molecule has 0 aromatic heterocycles. The van der Waals surface area contributed by atoms with Crippen LogP contribution >= 0.6 is 0 Å². The lowest BCUT2D eigenvalue weighted by Crippen LogP contribution is -2.39. The Morgan fingerprint density at radius 2 is 1.90 bits per heavy atom.